The van der Waals surface area contributed by atoms with Crippen LogP contribution in [0.1, 0.15) is 88.8 Å². The number of pyridine rings is 1. The van der Waals surface area contributed by atoms with Crippen molar-refractivity contribution in [3.05, 3.63) is 53.9 Å². The minimum absolute atomic E-state index is 0.0386. The smallest absolute Gasteiger partial charge is 0.259 e. The molecular formula is C36H46N6O7S. The van der Waals surface area contributed by atoms with E-state index in [-0.39, 0.29) is 43.6 Å². The molecule has 1 aromatic carbocycles. The van der Waals surface area contributed by atoms with Crippen LogP contribution in [0.5, 0.6) is 11.5 Å². The van der Waals surface area contributed by atoms with Gasteiger partial charge in [0.25, 0.3) is 5.91 Å². The largest absolute Gasteiger partial charge is 0.496 e. The van der Waals surface area contributed by atoms with Crippen LogP contribution in [0.15, 0.2) is 42.6 Å². The number of fused-ring (bicyclic) bond motifs is 2. The molecule has 0 spiro atoms. The number of carbonyl (C=O) groups excluding carboxylic acids is 3. The number of methoxy groups -OCH3 is 1. The normalized spacial score (nSPS) is 23.1. The van der Waals surface area contributed by atoms with Gasteiger partial charge in [-0.05, 0) is 69.6 Å². The van der Waals surface area contributed by atoms with Crippen molar-refractivity contribution < 1.29 is 32.3 Å². The van der Waals surface area contributed by atoms with Crippen molar-refractivity contribution in [1.29, 1.82) is 0 Å². The molecule has 0 saturated heterocycles. The van der Waals surface area contributed by atoms with Crippen molar-refractivity contribution in [2.24, 2.45) is 5.92 Å². The van der Waals surface area contributed by atoms with Crippen molar-refractivity contribution >= 4 is 38.6 Å². The van der Waals surface area contributed by atoms with Gasteiger partial charge >= 0.3 is 0 Å². The van der Waals surface area contributed by atoms with Gasteiger partial charge in [0.15, 0.2) is 5.82 Å². The van der Waals surface area contributed by atoms with Gasteiger partial charge in [0.1, 0.15) is 23.1 Å². The number of rotatable bonds is 10. The number of aryl methyl sites for hydroxylation is 1. The highest BCUT2D eigenvalue weighted by molar-refractivity contribution is 7.91. The Morgan fingerprint density at radius 3 is 2.66 bits per heavy atom. The molecule has 14 heteroatoms. The number of aromatic nitrogens is 3. The van der Waals surface area contributed by atoms with Gasteiger partial charge in [0.05, 0.1) is 30.2 Å². The van der Waals surface area contributed by atoms with Crippen LogP contribution in [-0.2, 0) is 24.4 Å². The Morgan fingerprint density at radius 1 is 1.14 bits per heavy atom. The van der Waals surface area contributed by atoms with Gasteiger partial charge in [-0.1, -0.05) is 32.4 Å². The standard InChI is InChI=1S/C36H46N6O7S/c1-22(2)27-16-18-42(40-27)31-20-30(26-14-15-29(48-4)23(3)33(26)38-31)49-19-17-28-34(44)39-36(35(45)41-50(46,47)25-12-13-25)21-24(36)10-8-6-5-7-9-11-32(43)37-28/h8,10,14-16,18,20,22,24-25,28H,5-7,9,11-13,17,19,21H2,1-4H3,(H,37,43)(H,39,44)(H,41,45)/t24-,28+,36-/m1/s1. The predicted octanol–water partition coefficient (Wildman–Crippen LogP) is 4.12. The third-order valence-corrected chi connectivity index (χ3v) is 11.5. The molecule has 2 saturated carbocycles. The molecule has 2 aromatic heterocycles. The van der Waals surface area contributed by atoms with Crippen molar-refractivity contribution in [3.63, 3.8) is 0 Å². The van der Waals surface area contributed by atoms with Crippen molar-refractivity contribution in [2.75, 3.05) is 13.7 Å². The Hall–Kier alpha value is -4.46. The zero-order valence-corrected chi connectivity index (χ0v) is 29.8. The van der Waals surface area contributed by atoms with Gasteiger partial charge in [0.2, 0.25) is 21.8 Å². The molecule has 13 nitrogen and oxygen atoms in total. The van der Waals surface area contributed by atoms with E-state index in [1.165, 1.54) is 0 Å². The summed E-state index contributed by atoms with van der Waals surface area (Å²) in [5, 5.41) is 10.5. The van der Waals surface area contributed by atoms with E-state index < -0.39 is 38.7 Å². The summed E-state index contributed by atoms with van der Waals surface area (Å²) in [6, 6.07) is 6.41. The van der Waals surface area contributed by atoms with Crippen LogP contribution < -0.4 is 24.8 Å². The average molecular weight is 707 g/mol. The maximum atomic E-state index is 13.9. The number of carbonyl (C=O) groups is 3. The van der Waals surface area contributed by atoms with Crippen molar-refractivity contribution in [3.8, 4) is 17.3 Å². The Balaban J connectivity index is 1.25. The molecule has 50 heavy (non-hydrogen) atoms. The molecule has 3 aromatic rings. The molecule has 2 aliphatic carbocycles. The van der Waals surface area contributed by atoms with Crippen LogP contribution in [0.3, 0.4) is 0 Å². The number of sulfonamides is 1. The summed E-state index contributed by atoms with van der Waals surface area (Å²) < 4.78 is 41.2. The highest BCUT2D eigenvalue weighted by atomic mass is 32.2. The van der Waals surface area contributed by atoms with Crippen LogP contribution in [-0.4, -0.2) is 71.5 Å². The lowest BCUT2D eigenvalue weighted by molar-refractivity contribution is -0.132. The second kappa shape index (κ2) is 14.4. The first-order valence-corrected chi connectivity index (χ1v) is 19.0. The van der Waals surface area contributed by atoms with E-state index in [0.717, 1.165) is 35.9 Å². The van der Waals surface area contributed by atoms with E-state index in [1.54, 1.807) is 17.9 Å². The molecule has 3 amide bonds. The first-order chi connectivity index (χ1) is 23.9. The van der Waals surface area contributed by atoms with E-state index in [9.17, 15) is 22.8 Å². The third kappa shape index (κ3) is 7.64. The van der Waals surface area contributed by atoms with E-state index in [0.29, 0.717) is 42.1 Å². The molecule has 3 aliphatic rings. The molecule has 1 aliphatic heterocycles. The quantitative estimate of drug-likeness (QED) is 0.263. The van der Waals surface area contributed by atoms with Crippen molar-refractivity contribution in [2.45, 2.75) is 101 Å². The number of hydrogen-bond acceptors (Lipinski definition) is 9. The minimum atomic E-state index is -3.83. The fraction of sp³-hybridized carbons (Fsp3) is 0.528. The molecule has 3 atom stereocenters. The SMILES string of the molecule is COc1ccc2c(OCC[C@@H]3NC(=O)CCCCCC=C[C@@H]4C[C@@]4(C(=O)NS(=O)(=O)C4CC4)NC3=O)cc(-n3ccc(C(C)C)n3)nc2c1C. The summed E-state index contributed by atoms with van der Waals surface area (Å²) in [5.41, 5.74) is 0.988. The molecule has 3 heterocycles. The average Bonchev–Trinajstić information content (AvgIpc) is 4.00. The number of nitrogens with one attached hydrogen (secondary N) is 3. The van der Waals surface area contributed by atoms with Crippen LogP contribution in [0.4, 0.5) is 0 Å². The summed E-state index contributed by atoms with van der Waals surface area (Å²) in [7, 11) is -2.23. The highest BCUT2D eigenvalue weighted by Crippen LogP contribution is 2.46. The molecule has 268 valence electrons. The monoisotopic (exact) mass is 706 g/mol. The fourth-order valence-corrected chi connectivity index (χ4v) is 7.74. The Labute approximate surface area is 292 Å². The summed E-state index contributed by atoms with van der Waals surface area (Å²) in [5.74, 6) is -0.0122. The molecule has 0 bridgehead atoms. The Bertz CT molecular complexity index is 1920. The first-order valence-electron chi connectivity index (χ1n) is 17.4. The van der Waals surface area contributed by atoms with Crippen molar-refractivity contribution in [1.82, 2.24) is 30.1 Å². The van der Waals surface area contributed by atoms with Gasteiger partial charge in [-0.2, -0.15) is 5.10 Å². The number of nitrogens with zero attached hydrogens (tertiary/aromatic N) is 3. The van der Waals surface area contributed by atoms with Crippen LogP contribution in [0.25, 0.3) is 16.7 Å². The van der Waals surface area contributed by atoms with E-state index in [1.807, 2.05) is 43.5 Å². The second-order valence-corrected chi connectivity index (χ2v) is 15.8. The van der Waals surface area contributed by atoms with Gasteiger partial charge < -0.3 is 20.1 Å². The lowest BCUT2D eigenvalue weighted by Crippen LogP contribution is -2.57. The maximum absolute atomic E-state index is 13.9. The number of ether oxygens (including phenoxy) is 2. The zero-order chi connectivity index (χ0) is 35.6. The summed E-state index contributed by atoms with van der Waals surface area (Å²) in [6.45, 7) is 6.09. The first kappa shape index (κ1) is 35.4. The molecular weight excluding hydrogens is 660 g/mol. The lowest BCUT2D eigenvalue weighted by atomic mass is 10.1. The lowest BCUT2D eigenvalue weighted by Gasteiger charge is -2.24. The molecule has 0 unspecified atom stereocenters. The number of amides is 3. The van der Waals surface area contributed by atoms with E-state index in [2.05, 4.69) is 29.2 Å². The molecule has 6 rings (SSSR count). The van der Waals surface area contributed by atoms with Gasteiger partial charge in [-0.3, -0.25) is 19.1 Å². The molecule has 2 fully saturated rings. The Kier molecular flexibility index (Phi) is 10.2. The fourth-order valence-electron chi connectivity index (χ4n) is 6.38. The maximum Gasteiger partial charge on any atom is 0.259 e. The van der Waals surface area contributed by atoms with Crippen LogP contribution in [0.2, 0.25) is 0 Å². The van der Waals surface area contributed by atoms with Crippen LogP contribution in [0, 0.1) is 12.8 Å². The number of allylic oxidation sites excluding steroid dienone is 1. The van der Waals surface area contributed by atoms with Gasteiger partial charge in [-0.15, -0.1) is 0 Å². The predicted molar refractivity (Wildman–Crippen MR) is 188 cm³/mol. The number of hydrogen-bond donors (Lipinski definition) is 3. The molecule has 0 radical (unpaired) electrons. The van der Waals surface area contributed by atoms with Gasteiger partial charge in [0, 0.05) is 42.0 Å². The highest BCUT2D eigenvalue weighted by Gasteiger charge is 2.61. The summed E-state index contributed by atoms with van der Waals surface area (Å²) in [4.78, 5) is 45.3. The van der Waals surface area contributed by atoms with Gasteiger partial charge in [-0.25, -0.2) is 18.1 Å². The minimum Gasteiger partial charge on any atom is -0.496 e. The zero-order valence-electron chi connectivity index (χ0n) is 29.0. The molecule has 3 N–H and O–H groups in total. The van der Waals surface area contributed by atoms with Crippen LogP contribution >= 0.6 is 0 Å². The number of benzene rings is 1. The summed E-state index contributed by atoms with van der Waals surface area (Å²) >= 11 is 0. The second-order valence-electron chi connectivity index (χ2n) is 13.8. The summed E-state index contributed by atoms with van der Waals surface area (Å²) in [6.07, 6.45) is 10.5. The van der Waals surface area contributed by atoms with E-state index >= 15 is 0 Å². The topological polar surface area (TPSA) is 171 Å². The third-order valence-electron chi connectivity index (χ3n) is 9.71. The van der Waals surface area contributed by atoms with E-state index in [4.69, 9.17) is 19.6 Å². The Morgan fingerprint density at radius 2 is 1.94 bits per heavy atom.